The quantitative estimate of drug-likeness (QED) is 0.804. The Bertz CT molecular complexity index is 842. The van der Waals surface area contributed by atoms with E-state index in [0.717, 1.165) is 31.2 Å². The Morgan fingerprint density at radius 3 is 2.45 bits per heavy atom. The Morgan fingerprint density at radius 1 is 1.17 bits per heavy atom. The van der Waals surface area contributed by atoms with Gasteiger partial charge in [0.1, 0.15) is 11.5 Å². The van der Waals surface area contributed by atoms with Gasteiger partial charge in [-0.05, 0) is 38.1 Å². The third-order valence-corrected chi connectivity index (χ3v) is 4.79. The molecule has 2 aromatic heterocycles. The zero-order chi connectivity index (χ0) is 21.0. The molecule has 1 saturated heterocycles. The molecule has 0 atom stereocenters. The van der Waals surface area contributed by atoms with Crippen molar-refractivity contribution in [1.29, 1.82) is 0 Å². The molecule has 158 valence electrons. The summed E-state index contributed by atoms with van der Waals surface area (Å²) in [6.07, 6.45) is 1.45. The summed E-state index contributed by atoms with van der Waals surface area (Å²) < 4.78 is 33.9. The average Bonchev–Trinajstić information content (AvgIpc) is 3.42. The first-order valence-corrected chi connectivity index (χ1v) is 9.24. The van der Waals surface area contributed by atoms with E-state index in [1.165, 1.54) is 25.9 Å². The number of carbonyl (C=O) groups is 2. The van der Waals surface area contributed by atoms with E-state index >= 15 is 0 Å². The number of H-pyrrole nitrogens is 1. The molecule has 4 rings (SSSR count). The number of hydrogen-bond donors (Lipinski definition) is 2. The molecule has 0 unspecified atom stereocenters. The minimum Gasteiger partial charge on any atom is -0.475 e. The molecule has 0 spiro atoms. The molecule has 0 radical (unpaired) electrons. The number of amides is 1. The van der Waals surface area contributed by atoms with Crippen LogP contribution < -0.4 is 0 Å². The van der Waals surface area contributed by atoms with E-state index in [1.807, 2.05) is 17.0 Å². The third-order valence-electron chi connectivity index (χ3n) is 4.79. The van der Waals surface area contributed by atoms with E-state index < -0.39 is 12.1 Å². The van der Waals surface area contributed by atoms with Crippen molar-refractivity contribution in [2.24, 2.45) is 0 Å². The minimum absolute atomic E-state index is 0.0559. The molecule has 2 N–H and O–H groups in total. The highest BCUT2D eigenvalue weighted by atomic mass is 19.4. The molecule has 11 heteroatoms. The van der Waals surface area contributed by atoms with Gasteiger partial charge in [-0.15, -0.1) is 0 Å². The van der Waals surface area contributed by atoms with Crippen molar-refractivity contribution in [3.8, 4) is 0 Å². The van der Waals surface area contributed by atoms with E-state index in [0.29, 0.717) is 12.2 Å². The Balaban J connectivity index is 0.000000298. The summed E-state index contributed by atoms with van der Waals surface area (Å²) in [4.78, 5) is 33.4. The number of nitrogens with one attached hydrogen (secondary N) is 1. The number of carboxylic acids is 1. The number of aromatic amines is 1. The molecule has 2 aromatic rings. The second-order valence-corrected chi connectivity index (χ2v) is 6.94. The van der Waals surface area contributed by atoms with Gasteiger partial charge < -0.3 is 19.6 Å². The first-order valence-electron chi connectivity index (χ1n) is 9.24. The van der Waals surface area contributed by atoms with Crippen molar-refractivity contribution in [2.75, 3.05) is 19.6 Å². The molecule has 0 aromatic carbocycles. The smallest absolute Gasteiger partial charge is 0.475 e. The molecular formula is C18H22F3N5O3. The molecule has 0 bridgehead atoms. The molecule has 0 saturated carbocycles. The van der Waals surface area contributed by atoms with Crippen molar-refractivity contribution in [3.05, 3.63) is 41.7 Å². The standard InChI is InChI=1S/C16H21N5O.C2HF3O2/c22-16(14-4-3-5-17-14)21-9-8-20-11-13(18-15(20)12-21)10-19-6-1-2-7-19;3-2(4,5)1(6)7/h3-5,11,17H,1-2,6-10,12H2;(H,6,7). The third kappa shape index (κ3) is 5.37. The van der Waals surface area contributed by atoms with Gasteiger partial charge in [-0.2, -0.15) is 13.2 Å². The molecule has 4 heterocycles. The number of carboxylic acid groups (broad SMARTS) is 1. The molecular weight excluding hydrogens is 391 g/mol. The average molecular weight is 413 g/mol. The van der Waals surface area contributed by atoms with E-state index in [4.69, 9.17) is 14.9 Å². The lowest BCUT2D eigenvalue weighted by Crippen LogP contribution is -2.38. The summed E-state index contributed by atoms with van der Waals surface area (Å²) in [5.74, 6) is -1.70. The maximum absolute atomic E-state index is 12.4. The van der Waals surface area contributed by atoms with Crippen LogP contribution in [-0.4, -0.2) is 67.1 Å². The molecule has 2 aliphatic rings. The number of nitrogens with zero attached hydrogens (tertiary/aromatic N) is 4. The molecule has 29 heavy (non-hydrogen) atoms. The van der Waals surface area contributed by atoms with Crippen molar-refractivity contribution >= 4 is 11.9 Å². The highest BCUT2D eigenvalue weighted by Gasteiger charge is 2.38. The number of fused-ring (bicyclic) bond motifs is 1. The van der Waals surface area contributed by atoms with Crippen molar-refractivity contribution < 1.29 is 27.9 Å². The Hall–Kier alpha value is -2.82. The minimum atomic E-state index is -5.08. The lowest BCUT2D eigenvalue weighted by atomic mass is 10.3. The van der Waals surface area contributed by atoms with Crippen LogP contribution in [0.5, 0.6) is 0 Å². The summed E-state index contributed by atoms with van der Waals surface area (Å²) in [5, 5.41) is 7.12. The normalized spacial score (nSPS) is 16.9. The summed E-state index contributed by atoms with van der Waals surface area (Å²) in [6, 6.07) is 3.68. The molecule has 1 fully saturated rings. The van der Waals surface area contributed by atoms with Gasteiger partial charge in [0.05, 0.1) is 12.2 Å². The number of aliphatic carboxylic acids is 1. The van der Waals surface area contributed by atoms with Crippen molar-refractivity contribution in [3.63, 3.8) is 0 Å². The molecule has 8 nitrogen and oxygen atoms in total. The molecule has 2 aliphatic heterocycles. The lowest BCUT2D eigenvalue weighted by molar-refractivity contribution is -0.192. The predicted molar refractivity (Wildman–Crippen MR) is 96.0 cm³/mol. The fraction of sp³-hybridized carbons (Fsp3) is 0.500. The largest absolute Gasteiger partial charge is 0.490 e. The second-order valence-electron chi connectivity index (χ2n) is 6.94. The van der Waals surface area contributed by atoms with Crippen LogP contribution >= 0.6 is 0 Å². The summed E-state index contributed by atoms with van der Waals surface area (Å²) in [5.41, 5.74) is 1.78. The Kier molecular flexibility index (Phi) is 6.26. The van der Waals surface area contributed by atoms with E-state index in [1.54, 1.807) is 6.20 Å². The fourth-order valence-corrected chi connectivity index (χ4v) is 3.36. The van der Waals surface area contributed by atoms with Gasteiger partial charge in [0.25, 0.3) is 5.91 Å². The van der Waals surface area contributed by atoms with Gasteiger partial charge in [0, 0.05) is 32.0 Å². The van der Waals surface area contributed by atoms with Gasteiger partial charge in [0.2, 0.25) is 0 Å². The van der Waals surface area contributed by atoms with Crippen LogP contribution in [0.15, 0.2) is 24.5 Å². The Labute approximate surface area is 164 Å². The first kappa shape index (κ1) is 20.9. The van der Waals surface area contributed by atoms with Gasteiger partial charge in [-0.25, -0.2) is 9.78 Å². The van der Waals surface area contributed by atoms with Gasteiger partial charge >= 0.3 is 12.1 Å². The van der Waals surface area contributed by atoms with Crippen LogP contribution in [0, 0.1) is 0 Å². The van der Waals surface area contributed by atoms with Crippen LogP contribution in [0.25, 0.3) is 0 Å². The topological polar surface area (TPSA) is 94.5 Å². The first-order chi connectivity index (χ1) is 13.7. The van der Waals surface area contributed by atoms with Crippen LogP contribution in [0.3, 0.4) is 0 Å². The van der Waals surface area contributed by atoms with Crippen LogP contribution in [0.4, 0.5) is 13.2 Å². The highest BCUT2D eigenvalue weighted by Crippen LogP contribution is 2.18. The number of imidazole rings is 1. The van der Waals surface area contributed by atoms with E-state index in [-0.39, 0.29) is 5.91 Å². The van der Waals surface area contributed by atoms with E-state index in [2.05, 4.69) is 20.6 Å². The number of hydrogen-bond acceptors (Lipinski definition) is 4. The molecule has 0 aliphatic carbocycles. The van der Waals surface area contributed by atoms with Gasteiger partial charge in [0.15, 0.2) is 0 Å². The van der Waals surface area contributed by atoms with Crippen LogP contribution in [0.2, 0.25) is 0 Å². The number of aromatic nitrogens is 3. The summed E-state index contributed by atoms with van der Waals surface area (Å²) in [7, 11) is 0. The zero-order valence-corrected chi connectivity index (χ0v) is 15.7. The molecule has 1 amide bonds. The summed E-state index contributed by atoms with van der Waals surface area (Å²) >= 11 is 0. The van der Waals surface area contributed by atoms with Crippen molar-refractivity contribution in [1.82, 2.24) is 24.3 Å². The second kappa shape index (κ2) is 8.68. The van der Waals surface area contributed by atoms with Crippen LogP contribution in [0.1, 0.15) is 34.8 Å². The lowest BCUT2D eigenvalue weighted by Gasteiger charge is -2.27. The predicted octanol–water partition coefficient (Wildman–Crippen LogP) is 2.10. The number of alkyl halides is 3. The van der Waals surface area contributed by atoms with Gasteiger partial charge in [-0.1, -0.05) is 0 Å². The number of likely N-dealkylation sites (tertiary alicyclic amines) is 1. The maximum Gasteiger partial charge on any atom is 0.490 e. The summed E-state index contributed by atoms with van der Waals surface area (Å²) in [6.45, 7) is 5.46. The van der Waals surface area contributed by atoms with Crippen molar-refractivity contribution in [2.45, 2.75) is 38.7 Å². The van der Waals surface area contributed by atoms with E-state index in [9.17, 15) is 18.0 Å². The fourth-order valence-electron chi connectivity index (χ4n) is 3.36. The zero-order valence-electron chi connectivity index (χ0n) is 15.7. The number of carbonyl (C=O) groups excluding carboxylic acids is 1. The maximum atomic E-state index is 12.4. The van der Waals surface area contributed by atoms with Gasteiger partial charge in [-0.3, -0.25) is 9.69 Å². The SMILES string of the molecule is O=C(O)C(F)(F)F.O=C(c1ccc[nH]1)N1CCn2cc(CN3CCCC3)nc2C1. The number of halogens is 3. The highest BCUT2D eigenvalue weighted by molar-refractivity contribution is 5.92. The Morgan fingerprint density at radius 2 is 1.86 bits per heavy atom. The monoisotopic (exact) mass is 413 g/mol. The number of rotatable bonds is 3. The van der Waals surface area contributed by atoms with Crippen LogP contribution in [-0.2, 0) is 24.4 Å².